The molecule has 3 aromatic rings. The third-order valence-electron chi connectivity index (χ3n) is 6.53. The number of hydrogen-bond acceptors (Lipinski definition) is 5. The lowest BCUT2D eigenvalue weighted by atomic mass is 10.0. The molecule has 186 valence electrons. The van der Waals surface area contributed by atoms with Crippen molar-refractivity contribution in [1.29, 1.82) is 0 Å². The van der Waals surface area contributed by atoms with Crippen LogP contribution < -0.4 is 10.1 Å². The minimum Gasteiger partial charge on any atom is -0.497 e. The lowest BCUT2D eigenvalue weighted by Crippen LogP contribution is -2.38. The molecule has 0 saturated carbocycles. The van der Waals surface area contributed by atoms with E-state index in [1.165, 1.54) is 0 Å². The van der Waals surface area contributed by atoms with Gasteiger partial charge in [-0.2, -0.15) is 9.40 Å². The number of ether oxygens (including phenoxy) is 1. The smallest absolute Gasteiger partial charge is 0.255 e. The maximum Gasteiger partial charge on any atom is 0.255 e. The summed E-state index contributed by atoms with van der Waals surface area (Å²) in [6, 6.07) is 14.4. The van der Waals surface area contributed by atoms with E-state index in [2.05, 4.69) is 17.3 Å². The Morgan fingerprint density at radius 3 is 2.46 bits per heavy atom. The van der Waals surface area contributed by atoms with Gasteiger partial charge in [0.1, 0.15) is 10.6 Å². The quantitative estimate of drug-likeness (QED) is 0.528. The number of methoxy groups -OCH3 is 1. The van der Waals surface area contributed by atoms with Crippen molar-refractivity contribution in [2.24, 2.45) is 5.92 Å². The Kier molecular flexibility index (Phi) is 7.28. The fourth-order valence-corrected chi connectivity index (χ4v) is 6.24. The molecule has 1 amide bonds. The van der Waals surface area contributed by atoms with Crippen LogP contribution >= 0.6 is 0 Å². The van der Waals surface area contributed by atoms with E-state index in [1.807, 2.05) is 24.3 Å². The molecule has 9 heteroatoms. The van der Waals surface area contributed by atoms with Crippen LogP contribution in [-0.4, -0.2) is 48.6 Å². The van der Waals surface area contributed by atoms with E-state index in [9.17, 15) is 13.2 Å². The first-order valence-corrected chi connectivity index (χ1v) is 13.2. The molecule has 35 heavy (non-hydrogen) atoms. The Morgan fingerprint density at radius 1 is 1.11 bits per heavy atom. The van der Waals surface area contributed by atoms with Gasteiger partial charge in [0.05, 0.1) is 25.0 Å². The zero-order valence-corrected chi connectivity index (χ0v) is 21.4. The van der Waals surface area contributed by atoms with E-state index >= 15 is 0 Å². The molecule has 0 radical (unpaired) electrons. The zero-order chi connectivity index (χ0) is 25.2. The summed E-state index contributed by atoms with van der Waals surface area (Å²) in [6.07, 6.45) is 1.76. The van der Waals surface area contributed by atoms with Gasteiger partial charge in [0.25, 0.3) is 5.91 Å². The van der Waals surface area contributed by atoms with Crippen LogP contribution in [0.15, 0.2) is 53.4 Å². The molecule has 2 heterocycles. The van der Waals surface area contributed by atoms with Crippen LogP contribution in [0.2, 0.25) is 0 Å². The fraction of sp³-hybridized carbons (Fsp3) is 0.385. The number of aryl methyl sites for hydroxylation is 1. The highest BCUT2D eigenvalue weighted by molar-refractivity contribution is 7.89. The molecule has 0 unspecified atom stereocenters. The molecule has 1 aliphatic rings. The van der Waals surface area contributed by atoms with E-state index < -0.39 is 10.0 Å². The summed E-state index contributed by atoms with van der Waals surface area (Å²) in [5.74, 6) is 0.992. The summed E-state index contributed by atoms with van der Waals surface area (Å²) < 4.78 is 35.2. The van der Waals surface area contributed by atoms with Crippen LogP contribution in [0.3, 0.4) is 0 Å². The second-order valence-corrected chi connectivity index (χ2v) is 11.0. The van der Waals surface area contributed by atoms with E-state index in [1.54, 1.807) is 54.2 Å². The van der Waals surface area contributed by atoms with Gasteiger partial charge in [-0.3, -0.25) is 9.48 Å². The van der Waals surface area contributed by atoms with Crippen molar-refractivity contribution in [2.75, 3.05) is 25.5 Å². The molecule has 4 rings (SSSR count). The summed E-state index contributed by atoms with van der Waals surface area (Å²) in [4.78, 5) is 12.9. The number of nitrogens with one attached hydrogen (secondary N) is 1. The minimum atomic E-state index is -3.58. The van der Waals surface area contributed by atoms with Crippen molar-refractivity contribution in [3.63, 3.8) is 0 Å². The molecule has 8 nitrogen and oxygen atoms in total. The highest BCUT2D eigenvalue weighted by atomic mass is 32.2. The van der Waals surface area contributed by atoms with Crippen molar-refractivity contribution >= 4 is 21.6 Å². The van der Waals surface area contributed by atoms with Crippen LogP contribution in [0.1, 0.15) is 47.1 Å². The van der Waals surface area contributed by atoms with Crippen LogP contribution in [-0.2, 0) is 16.6 Å². The largest absolute Gasteiger partial charge is 0.497 e. The van der Waals surface area contributed by atoms with Gasteiger partial charge in [0.2, 0.25) is 10.0 Å². The number of benzene rings is 2. The minimum absolute atomic E-state index is 0.222. The molecule has 1 aliphatic heterocycles. The molecular formula is C26H32N4O4S. The first kappa shape index (κ1) is 24.9. The molecule has 1 fully saturated rings. The van der Waals surface area contributed by atoms with Gasteiger partial charge >= 0.3 is 0 Å². The highest BCUT2D eigenvalue weighted by Gasteiger charge is 2.33. The topological polar surface area (TPSA) is 93.5 Å². The number of amides is 1. The number of nitrogens with zero attached hydrogens (tertiary/aromatic N) is 3. The number of hydrogen-bond donors (Lipinski definition) is 1. The van der Waals surface area contributed by atoms with Gasteiger partial charge in [0.15, 0.2) is 0 Å². The number of anilines is 1. The number of carbonyl (C=O) groups excluding carboxylic acids is 1. The molecule has 2 aromatic carbocycles. The molecule has 1 N–H and O–H groups in total. The highest BCUT2D eigenvalue weighted by Crippen LogP contribution is 2.28. The SMILES string of the molecule is COc1cccc(NC(=O)c2ccc(Cn3nc(C)c(S(=O)(=O)N4CCC(C)CC4)c3C)cc2)c1. The molecular weight excluding hydrogens is 464 g/mol. The summed E-state index contributed by atoms with van der Waals surface area (Å²) in [6.45, 7) is 7.22. The fourth-order valence-electron chi connectivity index (χ4n) is 4.40. The van der Waals surface area contributed by atoms with Gasteiger partial charge in [-0.15, -0.1) is 0 Å². The van der Waals surface area contributed by atoms with Crippen LogP contribution in [0.4, 0.5) is 5.69 Å². The molecule has 0 bridgehead atoms. The Bertz CT molecular complexity index is 1310. The number of sulfonamides is 1. The number of aromatic nitrogens is 2. The zero-order valence-electron chi connectivity index (χ0n) is 20.6. The second kappa shape index (κ2) is 10.2. The lowest BCUT2D eigenvalue weighted by Gasteiger charge is -2.29. The predicted octanol–water partition coefficient (Wildman–Crippen LogP) is 4.23. The van der Waals surface area contributed by atoms with Crippen molar-refractivity contribution in [3.8, 4) is 5.75 Å². The normalized spacial score (nSPS) is 15.2. The Labute approximate surface area is 207 Å². The summed E-state index contributed by atoms with van der Waals surface area (Å²) in [7, 11) is -2.00. The summed E-state index contributed by atoms with van der Waals surface area (Å²) in [5, 5.41) is 7.40. The Hall–Kier alpha value is -3.17. The first-order chi connectivity index (χ1) is 16.7. The molecule has 1 saturated heterocycles. The van der Waals surface area contributed by atoms with Crippen molar-refractivity contribution in [2.45, 2.75) is 45.1 Å². The van der Waals surface area contributed by atoms with Gasteiger partial charge in [-0.25, -0.2) is 8.42 Å². The van der Waals surface area contributed by atoms with Crippen LogP contribution in [0.5, 0.6) is 5.75 Å². The molecule has 0 spiro atoms. The summed E-state index contributed by atoms with van der Waals surface area (Å²) in [5.41, 5.74) is 3.23. The lowest BCUT2D eigenvalue weighted by molar-refractivity contribution is 0.102. The first-order valence-electron chi connectivity index (χ1n) is 11.8. The Morgan fingerprint density at radius 2 is 1.80 bits per heavy atom. The summed E-state index contributed by atoms with van der Waals surface area (Å²) >= 11 is 0. The van der Waals surface area contributed by atoms with Crippen molar-refractivity contribution in [3.05, 3.63) is 71.0 Å². The number of rotatable bonds is 7. The molecule has 0 atom stereocenters. The maximum atomic E-state index is 13.3. The standard InChI is InChI=1S/C26H32N4O4S/c1-18-12-14-29(15-13-18)35(32,33)25-19(2)28-30(20(25)3)17-21-8-10-22(11-9-21)26(31)27-23-6-5-7-24(16-23)34-4/h5-11,16,18H,12-15,17H2,1-4H3,(H,27,31). The third kappa shape index (κ3) is 5.41. The van der Waals surface area contributed by atoms with E-state index in [0.717, 1.165) is 18.4 Å². The van der Waals surface area contributed by atoms with Gasteiger partial charge in [-0.1, -0.05) is 25.1 Å². The van der Waals surface area contributed by atoms with Crippen LogP contribution in [0, 0.1) is 19.8 Å². The van der Waals surface area contributed by atoms with Gasteiger partial charge in [0, 0.05) is 30.4 Å². The van der Waals surface area contributed by atoms with Crippen LogP contribution in [0.25, 0.3) is 0 Å². The predicted molar refractivity (Wildman–Crippen MR) is 135 cm³/mol. The van der Waals surface area contributed by atoms with Gasteiger partial charge in [-0.05, 0) is 62.4 Å². The van der Waals surface area contributed by atoms with E-state index in [-0.39, 0.29) is 5.91 Å². The average Bonchev–Trinajstić information content (AvgIpc) is 3.13. The van der Waals surface area contributed by atoms with Crippen molar-refractivity contribution in [1.82, 2.24) is 14.1 Å². The van der Waals surface area contributed by atoms with E-state index in [0.29, 0.717) is 58.8 Å². The average molecular weight is 497 g/mol. The molecule has 1 aromatic heterocycles. The number of carbonyl (C=O) groups is 1. The van der Waals surface area contributed by atoms with Gasteiger partial charge < -0.3 is 10.1 Å². The maximum absolute atomic E-state index is 13.3. The third-order valence-corrected chi connectivity index (χ3v) is 8.68. The number of piperidine rings is 1. The second-order valence-electron chi connectivity index (χ2n) is 9.13. The van der Waals surface area contributed by atoms with Crippen molar-refractivity contribution < 1.29 is 17.9 Å². The molecule has 0 aliphatic carbocycles. The van der Waals surface area contributed by atoms with E-state index in [4.69, 9.17) is 4.74 Å². The Balaban J connectivity index is 1.47. The monoisotopic (exact) mass is 496 g/mol.